The minimum absolute atomic E-state index is 0.435. The van der Waals surface area contributed by atoms with Crippen LogP contribution in [0.5, 0.6) is 0 Å². The van der Waals surface area contributed by atoms with Gasteiger partial charge in [-0.3, -0.25) is 0 Å². The van der Waals surface area contributed by atoms with Gasteiger partial charge < -0.3 is 9.88 Å². The maximum absolute atomic E-state index is 5.55. The molecule has 4 heteroatoms. The van der Waals surface area contributed by atoms with E-state index >= 15 is 0 Å². The Balaban J connectivity index is 0.990. The van der Waals surface area contributed by atoms with E-state index in [4.69, 9.17) is 9.98 Å². The molecule has 0 saturated carbocycles. The molecular formula is C65H44N4. The molecule has 14 rings (SSSR count). The number of hydrogen-bond acceptors (Lipinski definition) is 3. The van der Waals surface area contributed by atoms with E-state index in [2.05, 4.69) is 265 Å². The number of aromatic nitrogens is 1. The van der Waals surface area contributed by atoms with Crippen molar-refractivity contribution < 1.29 is 0 Å². The van der Waals surface area contributed by atoms with E-state index in [0.717, 1.165) is 44.6 Å². The summed E-state index contributed by atoms with van der Waals surface area (Å²) in [6, 6.07) is 93.2. The number of fused-ring (bicyclic) bond motifs is 8. The van der Waals surface area contributed by atoms with Crippen LogP contribution in [-0.2, 0) is 10.8 Å². The van der Waals surface area contributed by atoms with Gasteiger partial charge in [0, 0.05) is 27.6 Å². The summed E-state index contributed by atoms with van der Waals surface area (Å²) in [5.41, 5.74) is 18.0. The van der Waals surface area contributed by atoms with Crippen molar-refractivity contribution in [3.05, 3.63) is 316 Å². The van der Waals surface area contributed by atoms with E-state index in [1.807, 2.05) is 0 Å². The van der Waals surface area contributed by atoms with E-state index in [9.17, 15) is 0 Å². The smallest absolute Gasteiger partial charge is 0.159 e. The maximum Gasteiger partial charge on any atom is 0.159 e. The van der Waals surface area contributed by atoms with Crippen LogP contribution in [0.2, 0.25) is 0 Å². The zero-order chi connectivity index (χ0) is 45.5. The van der Waals surface area contributed by atoms with Crippen LogP contribution in [0, 0.1) is 0 Å². The highest BCUT2D eigenvalue weighted by Gasteiger charge is 2.57. The number of rotatable bonds is 7. The van der Waals surface area contributed by atoms with E-state index in [1.165, 1.54) is 61.0 Å². The highest BCUT2D eigenvalue weighted by atomic mass is 15.2. The van der Waals surface area contributed by atoms with Crippen LogP contribution in [-0.4, -0.2) is 16.2 Å². The fourth-order valence-corrected chi connectivity index (χ4v) is 12.3. The molecule has 0 saturated heterocycles. The molecule has 1 aromatic heterocycles. The van der Waals surface area contributed by atoms with Gasteiger partial charge in [-0.2, -0.15) is 0 Å². The van der Waals surface area contributed by atoms with Gasteiger partial charge in [-0.1, -0.05) is 218 Å². The van der Waals surface area contributed by atoms with Crippen molar-refractivity contribution in [1.82, 2.24) is 9.88 Å². The first kappa shape index (κ1) is 39.3. The van der Waals surface area contributed by atoms with Gasteiger partial charge in [0.05, 0.1) is 21.9 Å². The van der Waals surface area contributed by atoms with Gasteiger partial charge >= 0.3 is 0 Å². The average Bonchev–Trinajstić information content (AvgIpc) is 3.93. The molecule has 1 aliphatic heterocycles. The molecule has 3 aliphatic rings. The molecule has 0 amide bonds. The van der Waals surface area contributed by atoms with Crippen molar-refractivity contribution in [3.63, 3.8) is 0 Å². The minimum Gasteiger partial charge on any atom is -0.344 e. The number of benzene rings is 10. The van der Waals surface area contributed by atoms with E-state index in [-0.39, 0.29) is 0 Å². The molecule has 10 aromatic carbocycles. The highest BCUT2D eigenvalue weighted by molar-refractivity contribution is 6.16. The molecule has 324 valence electrons. The normalized spacial score (nSPS) is 18.7. The molecule has 69 heavy (non-hydrogen) atoms. The summed E-state index contributed by atoms with van der Waals surface area (Å²) in [5, 5.41) is 6.17. The van der Waals surface area contributed by atoms with Crippen LogP contribution in [0.4, 0.5) is 0 Å². The van der Waals surface area contributed by atoms with Gasteiger partial charge in [0.15, 0.2) is 5.84 Å². The van der Waals surface area contributed by atoms with Crippen LogP contribution in [0.15, 0.2) is 265 Å². The van der Waals surface area contributed by atoms with Crippen molar-refractivity contribution in [3.8, 4) is 16.8 Å². The number of amidine groups is 2. The SMILES string of the molecule is c1ccc(C2=NC(c3ccc4c(c3)c3ccccc3n4-c3ccccc3)=NC(c3cccc(C4(c5ccccc5)c5ccccc5C5(c6ccccc6)c6ccccc6-c6cccc4c65)c3)N2)cc1. The van der Waals surface area contributed by atoms with Crippen LogP contribution in [0.25, 0.3) is 38.6 Å². The quantitative estimate of drug-likeness (QED) is 0.170. The van der Waals surface area contributed by atoms with Crippen molar-refractivity contribution in [2.75, 3.05) is 0 Å². The summed E-state index contributed by atoms with van der Waals surface area (Å²) in [6.45, 7) is 0. The third-order valence-electron chi connectivity index (χ3n) is 15.0. The number of para-hydroxylation sites is 2. The second kappa shape index (κ2) is 15.3. The molecule has 2 aliphatic carbocycles. The highest BCUT2D eigenvalue weighted by Crippen LogP contribution is 2.65. The number of hydrogen-bond donors (Lipinski definition) is 1. The summed E-state index contributed by atoms with van der Waals surface area (Å²) < 4.78 is 2.35. The molecule has 3 atom stereocenters. The Morgan fingerprint density at radius 3 is 1.72 bits per heavy atom. The largest absolute Gasteiger partial charge is 0.344 e. The first-order valence-electron chi connectivity index (χ1n) is 23.9. The second-order valence-corrected chi connectivity index (χ2v) is 18.4. The first-order valence-corrected chi connectivity index (χ1v) is 23.9. The fourth-order valence-electron chi connectivity index (χ4n) is 12.3. The lowest BCUT2D eigenvalue weighted by Crippen LogP contribution is -2.44. The lowest BCUT2D eigenvalue weighted by molar-refractivity contribution is 0.622. The predicted molar refractivity (Wildman–Crippen MR) is 282 cm³/mol. The zero-order valence-corrected chi connectivity index (χ0v) is 37.7. The molecule has 1 N–H and O–H groups in total. The molecule has 4 nitrogen and oxygen atoms in total. The van der Waals surface area contributed by atoms with Crippen LogP contribution >= 0.6 is 0 Å². The van der Waals surface area contributed by atoms with Crippen molar-refractivity contribution >= 4 is 33.5 Å². The van der Waals surface area contributed by atoms with E-state index < -0.39 is 17.0 Å². The summed E-state index contributed by atoms with van der Waals surface area (Å²) in [6.07, 6.45) is -0.435. The van der Waals surface area contributed by atoms with Gasteiger partial charge in [0.2, 0.25) is 0 Å². The van der Waals surface area contributed by atoms with Crippen molar-refractivity contribution in [2.24, 2.45) is 9.98 Å². The Kier molecular flexibility index (Phi) is 8.74. The van der Waals surface area contributed by atoms with Gasteiger partial charge in [-0.15, -0.1) is 0 Å². The third-order valence-corrected chi connectivity index (χ3v) is 15.0. The van der Waals surface area contributed by atoms with Crippen LogP contribution in [0.1, 0.15) is 67.4 Å². The monoisotopic (exact) mass is 880 g/mol. The van der Waals surface area contributed by atoms with Gasteiger partial charge in [-0.05, 0) is 97.6 Å². The number of aliphatic imine (C=N–C) groups is 2. The van der Waals surface area contributed by atoms with Crippen molar-refractivity contribution in [2.45, 2.75) is 17.0 Å². The van der Waals surface area contributed by atoms with E-state index in [1.54, 1.807) is 0 Å². The van der Waals surface area contributed by atoms with Crippen molar-refractivity contribution in [1.29, 1.82) is 0 Å². The Hall–Kier alpha value is -8.86. The standard InChI is InChI=1S/C65H44N4/c1-5-21-43(22-6-1)61-66-62(68-63(67-61)45-39-40-59-53(42-45)51-32-14-18-38-58(51)69(59)49-29-11-4-12-30-49)44-23-19-28-48(41-44)64(46-24-7-2-8-25-46)55-35-16-17-36-56(55)65(47-26-9-3-10-27-47)54-34-15-13-31-50(54)52-33-20-37-57(64)60(52)65/h1-42,62H,(H,66,67,68). The molecule has 3 unspecified atom stereocenters. The minimum atomic E-state index is -0.685. The summed E-state index contributed by atoms with van der Waals surface area (Å²) in [7, 11) is 0. The number of nitrogens with one attached hydrogen (secondary N) is 1. The Bertz CT molecular complexity index is 3870. The predicted octanol–water partition coefficient (Wildman–Crippen LogP) is 14.3. The zero-order valence-electron chi connectivity index (χ0n) is 37.7. The third kappa shape index (κ3) is 5.63. The van der Waals surface area contributed by atoms with Gasteiger partial charge in [0.25, 0.3) is 0 Å². The molecule has 11 aromatic rings. The number of nitrogens with zero attached hydrogens (tertiary/aromatic N) is 3. The average molecular weight is 881 g/mol. The Morgan fingerprint density at radius 2 is 0.957 bits per heavy atom. The van der Waals surface area contributed by atoms with Gasteiger partial charge in [0.1, 0.15) is 12.0 Å². The van der Waals surface area contributed by atoms with Crippen LogP contribution < -0.4 is 5.32 Å². The first-order chi connectivity index (χ1) is 34.2. The lowest BCUT2D eigenvalue weighted by Gasteiger charge is -2.49. The maximum atomic E-state index is 5.55. The molecule has 0 spiro atoms. The Morgan fingerprint density at radius 1 is 0.391 bits per heavy atom. The lowest BCUT2D eigenvalue weighted by atomic mass is 9.51. The molecule has 0 radical (unpaired) electrons. The summed E-state index contributed by atoms with van der Waals surface area (Å²) in [5.74, 6) is 1.48. The molecular weight excluding hydrogens is 837 g/mol. The summed E-state index contributed by atoms with van der Waals surface area (Å²) in [4.78, 5) is 10.9. The molecule has 0 bridgehead atoms. The van der Waals surface area contributed by atoms with Crippen LogP contribution in [0.3, 0.4) is 0 Å². The molecule has 0 fully saturated rings. The summed E-state index contributed by atoms with van der Waals surface area (Å²) >= 11 is 0. The van der Waals surface area contributed by atoms with Gasteiger partial charge in [-0.25, -0.2) is 9.98 Å². The second-order valence-electron chi connectivity index (χ2n) is 18.4. The fraction of sp³-hybridized carbons (Fsp3) is 0.0462. The Labute approximate surface area is 401 Å². The molecule has 2 heterocycles. The van der Waals surface area contributed by atoms with E-state index in [0.29, 0.717) is 5.84 Å². The topological polar surface area (TPSA) is 41.7 Å².